The quantitative estimate of drug-likeness (QED) is 0.862. The van der Waals surface area contributed by atoms with Crippen LogP contribution < -0.4 is 5.32 Å². The molecule has 3 nitrogen and oxygen atoms in total. The van der Waals surface area contributed by atoms with Crippen LogP contribution in [0.5, 0.6) is 0 Å². The second-order valence-electron chi connectivity index (χ2n) is 4.99. The monoisotopic (exact) mass is 258 g/mol. The van der Waals surface area contributed by atoms with E-state index in [2.05, 4.69) is 49.3 Å². The molecule has 1 N–H and O–H groups in total. The van der Waals surface area contributed by atoms with Gasteiger partial charge in [-0.1, -0.05) is 45.0 Å². The van der Waals surface area contributed by atoms with Crippen LogP contribution in [0.4, 0.5) is 0 Å². The maximum absolute atomic E-state index is 5.84. The van der Waals surface area contributed by atoms with E-state index >= 15 is 0 Å². The van der Waals surface area contributed by atoms with Gasteiger partial charge in [0.1, 0.15) is 0 Å². The molecule has 0 fully saturated rings. The van der Waals surface area contributed by atoms with Crippen LogP contribution in [0.25, 0.3) is 11.3 Å². The van der Waals surface area contributed by atoms with Crippen LogP contribution in [-0.2, 0) is 12.8 Å². The highest BCUT2D eigenvalue weighted by Crippen LogP contribution is 2.24. The number of hydrogen-bond acceptors (Lipinski definition) is 3. The van der Waals surface area contributed by atoms with E-state index in [9.17, 15) is 0 Å². The van der Waals surface area contributed by atoms with Crippen molar-refractivity contribution in [3.63, 3.8) is 0 Å². The minimum atomic E-state index is 0.496. The fourth-order valence-corrected chi connectivity index (χ4v) is 2.09. The zero-order chi connectivity index (χ0) is 13.7. The van der Waals surface area contributed by atoms with Crippen molar-refractivity contribution in [3.8, 4) is 11.3 Å². The Morgan fingerprint density at radius 2 is 2.05 bits per heavy atom. The molecule has 0 bridgehead atoms. The SMILES string of the molecule is CCc1ccccc1-c1cnc(CCNC(C)C)o1. The Morgan fingerprint density at radius 3 is 2.79 bits per heavy atom. The molecule has 0 saturated heterocycles. The van der Waals surface area contributed by atoms with Gasteiger partial charge in [0.05, 0.1) is 6.20 Å². The minimum absolute atomic E-state index is 0.496. The highest BCUT2D eigenvalue weighted by molar-refractivity contribution is 5.61. The van der Waals surface area contributed by atoms with Crippen molar-refractivity contribution in [3.05, 3.63) is 41.9 Å². The number of hydrogen-bond donors (Lipinski definition) is 1. The third-order valence-electron chi connectivity index (χ3n) is 3.11. The summed E-state index contributed by atoms with van der Waals surface area (Å²) >= 11 is 0. The summed E-state index contributed by atoms with van der Waals surface area (Å²) in [6, 6.07) is 8.83. The third kappa shape index (κ3) is 3.67. The molecule has 102 valence electrons. The average molecular weight is 258 g/mol. The Hall–Kier alpha value is -1.61. The van der Waals surface area contributed by atoms with Crippen molar-refractivity contribution >= 4 is 0 Å². The number of aryl methyl sites for hydroxylation is 1. The zero-order valence-electron chi connectivity index (χ0n) is 11.9. The normalized spacial score (nSPS) is 11.2. The molecule has 2 rings (SSSR count). The van der Waals surface area contributed by atoms with Gasteiger partial charge in [-0.05, 0) is 12.0 Å². The first-order valence-corrected chi connectivity index (χ1v) is 6.97. The van der Waals surface area contributed by atoms with E-state index in [0.29, 0.717) is 6.04 Å². The van der Waals surface area contributed by atoms with Crippen LogP contribution in [0, 0.1) is 0 Å². The lowest BCUT2D eigenvalue weighted by Gasteiger charge is -2.05. The van der Waals surface area contributed by atoms with Gasteiger partial charge in [0.25, 0.3) is 0 Å². The number of benzene rings is 1. The molecule has 1 aromatic carbocycles. The van der Waals surface area contributed by atoms with E-state index < -0.39 is 0 Å². The number of nitrogens with zero attached hydrogens (tertiary/aromatic N) is 1. The smallest absolute Gasteiger partial charge is 0.196 e. The molecular weight excluding hydrogens is 236 g/mol. The largest absolute Gasteiger partial charge is 0.441 e. The lowest BCUT2D eigenvalue weighted by atomic mass is 10.0. The Balaban J connectivity index is 2.08. The van der Waals surface area contributed by atoms with Gasteiger partial charge >= 0.3 is 0 Å². The fraction of sp³-hybridized carbons (Fsp3) is 0.438. The van der Waals surface area contributed by atoms with E-state index in [0.717, 1.165) is 36.6 Å². The molecule has 0 aliphatic carbocycles. The topological polar surface area (TPSA) is 38.1 Å². The molecule has 0 unspecified atom stereocenters. The molecule has 0 radical (unpaired) electrons. The van der Waals surface area contributed by atoms with Gasteiger partial charge in [-0.25, -0.2) is 4.98 Å². The minimum Gasteiger partial charge on any atom is -0.441 e. The summed E-state index contributed by atoms with van der Waals surface area (Å²) in [6.45, 7) is 7.33. The van der Waals surface area contributed by atoms with E-state index in [4.69, 9.17) is 4.42 Å². The zero-order valence-corrected chi connectivity index (χ0v) is 11.9. The molecule has 3 heteroatoms. The van der Waals surface area contributed by atoms with Gasteiger partial charge in [-0.3, -0.25) is 0 Å². The van der Waals surface area contributed by atoms with E-state index in [1.807, 2.05) is 12.3 Å². The highest BCUT2D eigenvalue weighted by atomic mass is 16.4. The van der Waals surface area contributed by atoms with Gasteiger partial charge in [0.2, 0.25) is 0 Å². The van der Waals surface area contributed by atoms with Gasteiger partial charge in [0, 0.05) is 24.6 Å². The molecule has 0 aliphatic rings. The molecule has 0 amide bonds. The van der Waals surface area contributed by atoms with E-state index in [-0.39, 0.29) is 0 Å². The summed E-state index contributed by atoms with van der Waals surface area (Å²) < 4.78 is 5.84. The maximum Gasteiger partial charge on any atom is 0.196 e. The summed E-state index contributed by atoms with van der Waals surface area (Å²) in [4.78, 5) is 4.36. The Labute approximate surface area is 115 Å². The highest BCUT2D eigenvalue weighted by Gasteiger charge is 2.09. The van der Waals surface area contributed by atoms with Crippen molar-refractivity contribution in [2.75, 3.05) is 6.54 Å². The lowest BCUT2D eigenvalue weighted by Crippen LogP contribution is -2.24. The van der Waals surface area contributed by atoms with E-state index in [1.54, 1.807) is 0 Å². The van der Waals surface area contributed by atoms with Crippen LogP contribution in [0.15, 0.2) is 34.9 Å². The molecule has 0 spiro atoms. The standard InChI is InChI=1S/C16H22N2O/c1-4-13-7-5-6-8-14(13)15-11-18-16(19-15)9-10-17-12(2)3/h5-8,11-12,17H,4,9-10H2,1-3H3. The van der Waals surface area contributed by atoms with Gasteiger partial charge in [0.15, 0.2) is 11.7 Å². The maximum atomic E-state index is 5.84. The first kappa shape index (κ1) is 13.8. The lowest BCUT2D eigenvalue weighted by molar-refractivity contribution is 0.484. The van der Waals surface area contributed by atoms with Crippen LogP contribution in [0.2, 0.25) is 0 Å². The van der Waals surface area contributed by atoms with Crippen LogP contribution in [-0.4, -0.2) is 17.6 Å². The second kappa shape index (κ2) is 6.53. The van der Waals surface area contributed by atoms with Crippen molar-refractivity contribution in [1.82, 2.24) is 10.3 Å². The molecule has 2 aromatic rings. The Bertz CT molecular complexity index is 517. The molecule has 0 atom stereocenters. The van der Waals surface area contributed by atoms with Crippen LogP contribution in [0.1, 0.15) is 32.2 Å². The summed E-state index contributed by atoms with van der Waals surface area (Å²) in [7, 11) is 0. The van der Waals surface area contributed by atoms with Gasteiger partial charge in [-0.15, -0.1) is 0 Å². The molecular formula is C16H22N2O. The average Bonchev–Trinajstić information content (AvgIpc) is 2.87. The van der Waals surface area contributed by atoms with E-state index in [1.165, 1.54) is 5.56 Å². The van der Waals surface area contributed by atoms with Crippen molar-refractivity contribution < 1.29 is 4.42 Å². The molecule has 1 aromatic heterocycles. The molecule has 0 aliphatic heterocycles. The Kier molecular flexibility index (Phi) is 4.74. The van der Waals surface area contributed by atoms with Crippen molar-refractivity contribution in [2.24, 2.45) is 0 Å². The van der Waals surface area contributed by atoms with Gasteiger partial charge < -0.3 is 9.73 Å². The van der Waals surface area contributed by atoms with Crippen LogP contribution in [0.3, 0.4) is 0 Å². The number of oxazole rings is 1. The number of rotatable bonds is 6. The predicted octanol–water partition coefficient (Wildman–Crippen LogP) is 3.44. The molecule has 1 heterocycles. The fourth-order valence-electron chi connectivity index (χ4n) is 2.09. The first-order valence-electron chi connectivity index (χ1n) is 6.97. The van der Waals surface area contributed by atoms with Crippen molar-refractivity contribution in [2.45, 2.75) is 39.7 Å². The second-order valence-corrected chi connectivity index (χ2v) is 4.99. The number of aromatic nitrogens is 1. The summed E-state index contributed by atoms with van der Waals surface area (Å²) in [5.41, 5.74) is 2.45. The van der Waals surface area contributed by atoms with Gasteiger partial charge in [-0.2, -0.15) is 0 Å². The third-order valence-corrected chi connectivity index (χ3v) is 3.11. The number of nitrogens with one attached hydrogen (secondary N) is 1. The first-order chi connectivity index (χ1) is 9.20. The Morgan fingerprint density at radius 1 is 1.26 bits per heavy atom. The summed E-state index contributed by atoms with van der Waals surface area (Å²) in [6.07, 6.45) is 3.66. The summed E-state index contributed by atoms with van der Waals surface area (Å²) in [5, 5.41) is 3.37. The molecule has 19 heavy (non-hydrogen) atoms. The molecule has 0 saturated carbocycles. The summed E-state index contributed by atoms with van der Waals surface area (Å²) in [5.74, 6) is 1.67. The predicted molar refractivity (Wildman–Crippen MR) is 78.2 cm³/mol. The van der Waals surface area contributed by atoms with Crippen molar-refractivity contribution in [1.29, 1.82) is 0 Å². The van der Waals surface area contributed by atoms with Crippen LogP contribution >= 0.6 is 0 Å².